The highest BCUT2D eigenvalue weighted by Crippen LogP contribution is 2.19. The van der Waals surface area contributed by atoms with E-state index in [0.29, 0.717) is 5.75 Å². The summed E-state index contributed by atoms with van der Waals surface area (Å²) in [7, 11) is 3.63. The molecule has 0 aliphatic rings. The summed E-state index contributed by atoms with van der Waals surface area (Å²) in [5.74, 6) is 2.28. The Labute approximate surface area is 163 Å². The fraction of sp³-hybridized carbons (Fsp3) is 0.286. The average molecular weight is 382 g/mol. The van der Waals surface area contributed by atoms with Crippen molar-refractivity contribution in [3.8, 4) is 5.75 Å². The molecular formula is C21H23N3O2S. The zero-order valence-corrected chi connectivity index (χ0v) is 16.4. The van der Waals surface area contributed by atoms with Gasteiger partial charge in [0.25, 0.3) is 0 Å². The number of rotatable bonds is 9. The van der Waals surface area contributed by atoms with Gasteiger partial charge in [0.1, 0.15) is 11.6 Å². The van der Waals surface area contributed by atoms with Gasteiger partial charge in [0.05, 0.1) is 12.9 Å². The van der Waals surface area contributed by atoms with E-state index < -0.39 is 0 Å². The van der Waals surface area contributed by atoms with Crippen molar-refractivity contribution >= 4 is 17.5 Å². The van der Waals surface area contributed by atoms with E-state index in [2.05, 4.69) is 22.3 Å². The number of benzene rings is 2. The number of carbonyl (C=O) groups excluding carboxylic acids is 1. The van der Waals surface area contributed by atoms with Crippen LogP contribution in [-0.4, -0.2) is 33.4 Å². The number of thioether (sulfide) groups is 1. The summed E-state index contributed by atoms with van der Waals surface area (Å²) >= 11 is 1.43. The van der Waals surface area contributed by atoms with Crippen LogP contribution < -0.4 is 4.74 Å². The second-order valence-corrected chi connectivity index (χ2v) is 7.18. The normalized spacial score (nSPS) is 10.7. The van der Waals surface area contributed by atoms with Gasteiger partial charge in [-0.15, -0.1) is 10.2 Å². The number of aryl methyl sites for hydroxylation is 2. The van der Waals surface area contributed by atoms with Gasteiger partial charge in [-0.05, 0) is 30.5 Å². The Morgan fingerprint density at radius 3 is 2.48 bits per heavy atom. The molecule has 2 aromatic carbocycles. The third kappa shape index (κ3) is 5.20. The van der Waals surface area contributed by atoms with Crippen LogP contribution in [0.2, 0.25) is 0 Å². The number of nitrogens with zero attached hydrogens (tertiary/aromatic N) is 3. The smallest absolute Gasteiger partial charge is 0.191 e. The maximum Gasteiger partial charge on any atom is 0.191 e. The number of methoxy groups -OCH3 is 1. The van der Waals surface area contributed by atoms with E-state index in [9.17, 15) is 4.79 Å². The summed E-state index contributed by atoms with van der Waals surface area (Å²) in [4.78, 5) is 12.2. The topological polar surface area (TPSA) is 57.0 Å². The highest BCUT2D eigenvalue weighted by molar-refractivity contribution is 7.99. The Balaban J connectivity index is 1.50. The average Bonchev–Trinajstić information content (AvgIpc) is 3.07. The monoisotopic (exact) mass is 381 g/mol. The molecule has 3 aromatic rings. The van der Waals surface area contributed by atoms with Crippen molar-refractivity contribution in [2.24, 2.45) is 7.05 Å². The van der Waals surface area contributed by atoms with Crippen LogP contribution in [0.3, 0.4) is 0 Å². The molecule has 0 bridgehead atoms. The third-order valence-electron chi connectivity index (χ3n) is 4.38. The second kappa shape index (κ2) is 9.37. The van der Waals surface area contributed by atoms with Gasteiger partial charge in [-0.3, -0.25) is 4.79 Å². The Hall–Kier alpha value is -2.60. The van der Waals surface area contributed by atoms with Crippen LogP contribution in [0.15, 0.2) is 59.8 Å². The summed E-state index contributed by atoms with van der Waals surface area (Å²) in [6, 6.07) is 17.5. The lowest BCUT2D eigenvalue weighted by Crippen LogP contribution is -2.04. The zero-order chi connectivity index (χ0) is 19.1. The Kier molecular flexibility index (Phi) is 6.65. The van der Waals surface area contributed by atoms with E-state index in [1.54, 1.807) is 7.11 Å². The molecular weight excluding hydrogens is 358 g/mol. The molecule has 5 nitrogen and oxygen atoms in total. The van der Waals surface area contributed by atoms with Gasteiger partial charge in [0.2, 0.25) is 0 Å². The van der Waals surface area contributed by atoms with Crippen LogP contribution in [0.4, 0.5) is 0 Å². The fourth-order valence-corrected chi connectivity index (χ4v) is 3.59. The second-order valence-electron chi connectivity index (χ2n) is 6.24. The van der Waals surface area contributed by atoms with E-state index in [0.717, 1.165) is 41.6 Å². The molecule has 3 rings (SSSR count). The predicted molar refractivity (Wildman–Crippen MR) is 108 cm³/mol. The molecule has 1 aromatic heterocycles. The molecule has 0 fully saturated rings. The highest BCUT2D eigenvalue weighted by atomic mass is 32.2. The van der Waals surface area contributed by atoms with E-state index in [4.69, 9.17) is 4.74 Å². The van der Waals surface area contributed by atoms with Gasteiger partial charge >= 0.3 is 0 Å². The van der Waals surface area contributed by atoms with Crippen LogP contribution in [0.25, 0.3) is 0 Å². The molecule has 0 saturated heterocycles. The minimum Gasteiger partial charge on any atom is -0.497 e. The van der Waals surface area contributed by atoms with Gasteiger partial charge in [-0.2, -0.15) is 0 Å². The summed E-state index contributed by atoms with van der Waals surface area (Å²) in [6.45, 7) is 0. The zero-order valence-electron chi connectivity index (χ0n) is 15.6. The quantitative estimate of drug-likeness (QED) is 0.415. The first-order valence-electron chi connectivity index (χ1n) is 8.89. The van der Waals surface area contributed by atoms with Crippen molar-refractivity contribution in [2.75, 3.05) is 12.9 Å². The van der Waals surface area contributed by atoms with Crippen molar-refractivity contribution < 1.29 is 9.53 Å². The molecule has 0 spiro atoms. The van der Waals surface area contributed by atoms with Crippen molar-refractivity contribution in [1.29, 1.82) is 0 Å². The lowest BCUT2D eigenvalue weighted by molar-refractivity contribution is 0.102. The minimum atomic E-state index is 0.102. The molecule has 1 heterocycles. The van der Waals surface area contributed by atoms with E-state index in [1.165, 1.54) is 17.3 Å². The van der Waals surface area contributed by atoms with Crippen molar-refractivity contribution in [1.82, 2.24) is 14.8 Å². The molecule has 0 aliphatic heterocycles. The molecule has 140 valence electrons. The van der Waals surface area contributed by atoms with E-state index in [1.807, 2.05) is 54.1 Å². The largest absolute Gasteiger partial charge is 0.497 e. The van der Waals surface area contributed by atoms with Crippen molar-refractivity contribution in [3.63, 3.8) is 0 Å². The molecule has 0 unspecified atom stereocenters. The van der Waals surface area contributed by atoms with Crippen LogP contribution in [0.1, 0.15) is 28.2 Å². The molecule has 0 saturated carbocycles. The van der Waals surface area contributed by atoms with E-state index in [-0.39, 0.29) is 5.78 Å². The summed E-state index contributed by atoms with van der Waals surface area (Å²) in [5, 5.41) is 9.30. The lowest BCUT2D eigenvalue weighted by Gasteiger charge is -2.05. The maximum absolute atomic E-state index is 12.2. The first kappa shape index (κ1) is 19.2. The third-order valence-corrected chi connectivity index (χ3v) is 5.40. The molecule has 0 N–H and O–H groups in total. The van der Waals surface area contributed by atoms with Crippen LogP contribution in [0, 0.1) is 0 Å². The first-order valence-corrected chi connectivity index (χ1v) is 9.88. The Bertz CT molecular complexity index is 876. The lowest BCUT2D eigenvalue weighted by atomic mass is 10.1. The van der Waals surface area contributed by atoms with Crippen molar-refractivity contribution in [2.45, 2.75) is 24.4 Å². The summed E-state index contributed by atoms with van der Waals surface area (Å²) in [6.07, 6.45) is 2.82. The van der Waals surface area contributed by atoms with Gasteiger partial charge in [-0.25, -0.2) is 0 Å². The van der Waals surface area contributed by atoms with E-state index >= 15 is 0 Å². The summed E-state index contributed by atoms with van der Waals surface area (Å²) < 4.78 is 7.16. The van der Waals surface area contributed by atoms with Gasteiger partial charge < -0.3 is 9.30 Å². The molecule has 6 heteroatoms. The molecule has 0 atom stereocenters. The number of ketones is 1. The Morgan fingerprint density at radius 2 is 1.78 bits per heavy atom. The maximum atomic E-state index is 12.2. The van der Waals surface area contributed by atoms with Gasteiger partial charge in [0, 0.05) is 19.0 Å². The van der Waals surface area contributed by atoms with Crippen LogP contribution in [-0.2, 0) is 19.9 Å². The number of ether oxygens (including phenoxy) is 1. The number of Topliss-reactive ketones (excluding diaryl/α,β-unsaturated/α-hetero) is 1. The van der Waals surface area contributed by atoms with Crippen LogP contribution in [0.5, 0.6) is 5.75 Å². The Morgan fingerprint density at radius 1 is 1.04 bits per heavy atom. The minimum absolute atomic E-state index is 0.102. The number of hydrogen-bond donors (Lipinski definition) is 0. The fourth-order valence-electron chi connectivity index (χ4n) is 2.77. The molecule has 0 radical (unpaired) electrons. The van der Waals surface area contributed by atoms with Gasteiger partial charge in [0.15, 0.2) is 10.9 Å². The summed E-state index contributed by atoms with van der Waals surface area (Å²) in [5.41, 5.74) is 2.01. The number of hydrogen-bond acceptors (Lipinski definition) is 5. The molecule has 0 amide bonds. The predicted octanol–water partition coefficient (Wildman–Crippen LogP) is 3.97. The molecule has 0 aliphatic carbocycles. The molecule has 27 heavy (non-hydrogen) atoms. The van der Waals surface area contributed by atoms with Gasteiger partial charge in [-0.1, -0.05) is 54.2 Å². The standard InChI is InChI=1S/C21H23N3O2S/c1-24-20(10-6-7-16-11-13-18(26-2)14-12-16)22-23-21(24)27-15-19(25)17-8-4-3-5-9-17/h3-5,8-9,11-14H,6-7,10,15H2,1-2H3. The number of aromatic nitrogens is 3. The van der Waals surface area contributed by atoms with Crippen molar-refractivity contribution in [3.05, 3.63) is 71.5 Å². The SMILES string of the molecule is COc1ccc(CCCc2nnc(SCC(=O)c3ccccc3)n2C)cc1. The highest BCUT2D eigenvalue weighted by Gasteiger charge is 2.12. The first-order chi connectivity index (χ1) is 13.2. The van der Waals surface area contributed by atoms with Crippen LogP contribution >= 0.6 is 11.8 Å². The number of carbonyl (C=O) groups is 1.